The molecule has 1 aromatic rings. The second-order valence-corrected chi connectivity index (χ2v) is 3.11. The molecule has 0 atom stereocenters. The lowest BCUT2D eigenvalue weighted by Gasteiger charge is -2.02. The second kappa shape index (κ2) is 6.75. The fourth-order valence-corrected chi connectivity index (χ4v) is 1.09. The Morgan fingerprint density at radius 2 is 2.37 bits per heavy atom. The first-order chi connectivity index (χ1) is 9.13. The van der Waals surface area contributed by atoms with Crippen LogP contribution in [-0.4, -0.2) is 41.2 Å². The molecule has 9 nitrogen and oxygen atoms in total. The molecular weight excluding hydrogens is 252 g/mol. The number of nitrogens with zero attached hydrogens (tertiary/aromatic N) is 3. The van der Waals surface area contributed by atoms with E-state index in [-0.39, 0.29) is 23.8 Å². The van der Waals surface area contributed by atoms with Crippen LogP contribution in [0.3, 0.4) is 0 Å². The number of rotatable bonds is 5. The molecular formula is C10H12N6O3. The molecule has 0 fully saturated rings. The van der Waals surface area contributed by atoms with E-state index in [1.54, 1.807) is 13.0 Å². The van der Waals surface area contributed by atoms with Crippen LogP contribution in [0.1, 0.15) is 17.4 Å². The van der Waals surface area contributed by atoms with E-state index >= 15 is 0 Å². The van der Waals surface area contributed by atoms with E-state index in [9.17, 15) is 9.59 Å². The fourth-order valence-electron chi connectivity index (χ4n) is 1.09. The molecule has 9 heteroatoms. The van der Waals surface area contributed by atoms with Crippen LogP contribution in [0.4, 0.5) is 5.82 Å². The minimum Gasteiger partial charge on any atom is -0.461 e. The number of H-pyrrole nitrogens is 1. The lowest BCUT2D eigenvalue weighted by atomic mass is 10.4. The molecule has 0 bridgehead atoms. The number of anilines is 1. The molecule has 1 amide bonds. The Labute approximate surface area is 108 Å². The molecule has 1 aromatic heterocycles. The summed E-state index contributed by atoms with van der Waals surface area (Å²) >= 11 is 0. The van der Waals surface area contributed by atoms with Crippen LogP contribution < -0.4 is 10.7 Å². The summed E-state index contributed by atoms with van der Waals surface area (Å²) in [4.78, 5) is 29.1. The Morgan fingerprint density at radius 1 is 1.63 bits per heavy atom. The van der Waals surface area contributed by atoms with E-state index in [2.05, 4.69) is 25.8 Å². The molecule has 0 aliphatic heterocycles. The van der Waals surface area contributed by atoms with Crippen LogP contribution in [0.25, 0.3) is 0 Å². The number of aromatic amines is 1. The molecule has 1 rings (SSSR count). The Kier molecular flexibility index (Phi) is 5.04. The molecule has 0 saturated heterocycles. The number of amides is 1. The van der Waals surface area contributed by atoms with E-state index in [4.69, 9.17) is 10.00 Å². The molecule has 19 heavy (non-hydrogen) atoms. The maximum Gasteiger partial charge on any atom is 0.358 e. The van der Waals surface area contributed by atoms with Gasteiger partial charge in [-0.15, -0.1) is 0 Å². The third-order valence-corrected chi connectivity index (χ3v) is 1.94. The van der Waals surface area contributed by atoms with Gasteiger partial charge in [0.05, 0.1) is 12.9 Å². The molecule has 0 saturated carbocycles. The average Bonchev–Trinajstić information content (AvgIpc) is 2.87. The van der Waals surface area contributed by atoms with Crippen molar-refractivity contribution in [3.63, 3.8) is 0 Å². The number of carbonyl (C=O) groups excluding carboxylic acids is 2. The van der Waals surface area contributed by atoms with E-state index < -0.39 is 11.9 Å². The van der Waals surface area contributed by atoms with Gasteiger partial charge in [-0.3, -0.25) is 10.2 Å². The first kappa shape index (κ1) is 14.2. The van der Waals surface area contributed by atoms with Crippen molar-refractivity contribution in [2.24, 2.45) is 5.10 Å². The first-order valence-electron chi connectivity index (χ1n) is 5.30. The number of hydrazone groups is 1. The number of esters is 1. The number of ether oxygens (including phenoxy) is 1. The molecule has 0 spiro atoms. The van der Waals surface area contributed by atoms with Crippen LogP contribution in [-0.2, 0) is 9.53 Å². The summed E-state index contributed by atoms with van der Waals surface area (Å²) in [6.07, 6.45) is 1.26. The van der Waals surface area contributed by atoms with Gasteiger partial charge < -0.3 is 15.0 Å². The van der Waals surface area contributed by atoms with E-state index in [0.717, 1.165) is 0 Å². The van der Waals surface area contributed by atoms with Crippen molar-refractivity contribution in [2.75, 3.05) is 19.1 Å². The lowest BCUT2D eigenvalue weighted by Crippen LogP contribution is -2.27. The van der Waals surface area contributed by atoms with Crippen molar-refractivity contribution in [1.29, 1.82) is 5.26 Å². The number of nitriles is 1. The average molecular weight is 264 g/mol. The summed E-state index contributed by atoms with van der Waals surface area (Å²) in [5.74, 6) is -1.20. The predicted octanol–water partition coefficient (Wildman–Crippen LogP) is -0.376. The third kappa shape index (κ3) is 3.53. The summed E-state index contributed by atoms with van der Waals surface area (Å²) < 4.78 is 4.79. The highest BCUT2D eigenvalue weighted by molar-refractivity contribution is 6.45. The van der Waals surface area contributed by atoms with Gasteiger partial charge in [0, 0.05) is 7.05 Å². The quantitative estimate of drug-likeness (QED) is 0.377. The number of nitrogens with one attached hydrogen (secondary N) is 3. The largest absolute Gasteiger partial charge is 0.461 e. The maximum atomic E-state index is 11.5. The van der Waals surface area contributed by atoms with Gasteiger partial charge in [-0.05, 0) is 6.92 Å². The molecule has 1 heterocycles. The van der Waals surface area contributed by atoms with Gasteiger partial charge in [-0.2, -0.15) is 10.4 Å². The van der Waals surface area contributed by atoms with Crippen LogP contribution >= 0.6 is 0 Å². The molecule has 100 valence electrons. The Bertz CT molecular complexity index is 542. The SMILES string of the molecule is CCOC(=O)c1[nH]cnc1NN=C(C#N)C(=O)NC. The zero-order valence-corrected chi connectivity index (χ0v) is 10.4. The summed E-state index contributed by atoms with van der Waals surface area (Å²) in [6.45, 7) is 1.88. The van der Waals surface area contributed by atoms with Gasteiger partial charge in [-0.1, -0.05) is 0 Å². The van der Waals surface area contributed by atoms with Gasteiger partial charge >= 0.3 is 5.97 Å². The number of aromatic nitrogens is 2. The molecule has 0 aliphatic rings. The smallest absolute Gasteiger partial charge is 0.358 e. The zero-order chi connectivity index (χ0) is 14.3. The maximum absolute atomic E-state index is 11.5. The van der Waals surface area contributed by atoms with Gasteiger partial charge in [0.2, 0.25) is 5.71 Å². The molecule has 0 radical (unpaired) electrons. The number of hydrogen-bond donors (Lipinski definition) is 3. The Hall–Kier alpha value is -2.89. The van der Waals surface area contributed by atoms with E-state index in [0.29, 0.717) is 0 Å². The third-order valence-electron chi connectivity index (χ3n) is 1.94. The highest BCUT2D eigenvalue weighted by Gasteiger charge is 2.16. The lowest BCUT2D eigenvalue weighted by molar-refractivity contribution is -0.114. The molecule has 0 unspecified atom stereocenters. The Balaban J connectivity index is 2.87. The van der Waals surface area contributed by atoms with Crippen LogP contribution in [0.5, 0.6) is 0 Å². The highest BCUT2D eigenvalue weighted by atomic mass is 16.5. The van der Waals surface area contributed by atoms with Crippen molar-refractivity contribution in [1.82, 2.24) is 15.3 Å². The predicted molar refractivity (Wildman–Crippen MR) is 65.3 cm³/mol. The van der Waals surface area contributed by atoms with Crippen molar-refractivity contribution in [3.8, 4) is 6.07 Å². The first-order valence-corrected chi connectivity index (χ1v) is 5.30. The van der Waals surface area contributed by atoms with Gasteiger partial charge in [0.15, 0.2) is 11.5 Å². The minimum absolute atomic E-state index is 0.0554. The molecule has 0 aliphatic carbocycles. The Morgan fingerprint density at radius 3 is 2.95 bits per heavy atom. The normalized spacial score (nSPS) is 10.5. The fraction of sp³-hybridized carbons (Fsp3) is 0.300. The van der Waals surface area contributed by atoms with E-state index in [1.165, 1.54) is 13.4 Å². The summed E-state index contributed by atoms with van der Waals surface area (Å²) in [7, 11) is 1.37. The van der Waals surface area contributed by atoms with Crippen molar-refractivity contribution >= 4 is 23.4 Å². The van der Waals surface area contributed by atoms with Gasteiger partial charge in [0.25, 0.3) is 5.91 Å². The molecule has 0 aromatic carbocycles. The van der Waals surface area contributed by atoms with Crippen molar-refractivity contribution < 1.29 is 14.3 Å². The van der Waals surface area contributed by atoms with Gasteiger partial charge in [-0.25, -0.2) is 9.78 Å². The zero-order valence-electron chi connectivity index (χ0n) is 10.4. The number of hydrogen-bond acceptors (Lipinski definition) is 7. The summed E-state index contributed by atoms with van der Waals surface area (Å²) in [5.41, 5.74) is 2.03. The standard InChI is InChI=1S/C10H12N6O3/c1-3-19-10(18)7-8(14-5-13-7)16-15-6(4-11)9(17)12-2/h5,16H,3H2,1-2H3,(H,12,17)(H,13,14). The highest BCUT2D eigenvalue weighted by Crippen LogP contribution is 2.10. The van der Waals surface area contributed by atoms with Crippen LogP contribution in [0, 0.1) is 11.3 Å². The van der Waals surface area contributed by atoms with Crippen molar-refractivity contribution in [3.05, 3.63) is 12.0 Å². The number of carbonyl (C=O) groups is 2. The van der Waals surface area contributed by atoms with Crippen LogP contribution in [0.15, 0.2) is 11.4 Å². The van der Waals surface area contributed by atoms with Crippen LogP contribution in [0.2, 0.25) is 0 Å². The molecule has 3 N–H and O–H groups in total. The number of imidazole rings is 1. The van der Waals surface area contributed by atoms with E-state index in [1.807, 2.05) is 0 Å². The van der Waals surface area contributed by atoms with Gasteiger partial charge in [0.1, 0.15) is 6.07 Å². The minimum atomic E-state index is -0.650. The van der Waals surface area contributed by atoms with Crippen molar-refractivity contribution in [2.45, 2.75) is 6.92 Å². The monoisotopic (exact) mass is 264 g/mol. The second-order valence-electron chi connectivity index (χ2n) is 3.11. The summed E-state index contributed by atoms with van der Waals surface area (Å²) in [6, 6.07) is 1.61. The summed E-state index contributed by atoms with van der Waals surface area (Å²) in [5, 5.41) is 14.5. The topological polar surface area (TPSA) is 132 Å².